The first kappa shape index (κ1) is 7.62. The number of ether oxygens (including phenoxy) is 1. The number of fused-ring (bicyclic) bond motifs is 2. The van der Waals surface area contributed by atoms with Gasteiger partial charge in [0.05, 0.1) is 5.56 Å². The third-order valence-electron chi connectivity index (χ3n) is 2.54. The van der Waals surface area contributed by atoms with Gasteiger partial charge >= 0.3 is 0 Å². The van der Waals surface area contributed by atoms with Crippen molar-refractivity contribution in [3.63, 3.8) is 0 Å². The molecular formula is C11H9NO2. The van der Waals surface area contributed by atoms with E-state index in [1.54, 1.807) is 11.0 Å². The van der Waals surface area contributed by atoms with Crippen molar-refractivity contribution in [1.82, 2.24) is 4.90 Å². The molecule has 1 atom stereocenters. The largest absolute Gasteiger partial charge is 0.466 e. The minimum atomic E-state index is -0.197. The van der Waals surface area contributed by atoms with Gasteiger partial charge in [-0.25, -0.2) is 0 Å². The lowest BCUT2D eigenvalue weighted by atomic mass is 10.1. The van der Waals surface area contributed by atoms with E-state index in [0.717, 1.165) is 0 Å². The summed E-state index contributed by atoms with van der Waals surface area (Å²) in [5.74, 6) is 0.743. The Hall–Kier alpha value is -1.77. The first-order chi connectivity index (χ1) is 6.86. The second-order valence-electron chi connectivity index (χ2n) is 3.39. The van der Waals surface area contributed by atoms with Crippen LogP contribution in [0, 0.1) is 0 Å². The topological polar surface area (TPSA) is 29.5 Å². The Bertz CT molecular complexity index is 425. The summed E-state index contributed by atoms with van der Waals surface area (Å²) in [6, 6.07) is 7.35. The summed E-state index contributed by atoms with van der Waals surface area (Å²) in [6.45, 7) is 0.651. The number of hydrogen-bond acceptors (Lipinski definition) is 2. The Labute approximate surface area is 81.6 Å². The van der Waals surface area contributed by atoms with E-state index in [2.05, 4.69) is 0 Å². The monoisotopic (exact) mass is 187 g/mol. The number of benzene rings is 1. The van der Waals surface area contributed by atoms with E-state index < -0.39 is 0 Å². The zero-order valence-corrected chi connectivity index (χ0v) is 7.51. The average Bonchev–Trinajstić information content (AvgIpc) is 2.66. The van der Waals surface area contributed by atoms with E-state index >= 15 is 0 Å². The number of rotatable bonds is 0. The third kappa shape index (κ3) is 0.894. The van der Waals surface area contributed by atoms with Crippen LogP contribution in [0.4, 0.5) is 0 Å². The maximum absolute atomic E-state index is 11.9. The first-order valence-electron chi connectivity index (χ1n) is 4.59. The van der Waals surface area contributed by atoms with E-state index in [-0.39, 0.29) is 12.1 Å². The molecule has 1 amide bonds. The number of para-hydroxylation sites is 1. The molecule has 3 nitrogen and oxygen atoms in total. The molecule has 2 heterocycles. The number of amides is 1. The van der Waals surface area contributed by atoms with Gasteiger partial charge in [-0.2, -0.15) is 0 Å². The van der Waals surface area contributed by atoms with Crippen LogP contribution in [-0.2, 0) is 0 Å². The molecule has 3 rings (SSSR count). The fourth-order valence-corrected chi connectivity index (χ4v) is 1.83. The van der Waals surface area contributed by atoms with Crippen molar-refractivity contribution in [3.8, 4) is 5.75 Å². The Morgan fingerprint density at radius 2 is 2.21 bits per heavy atom. The molecule has 0 N–H and O–H groups in total. The van der Waals surface area contributed by atoms with Crippen LogP contribution >= 0.6 is 0 Å². The fraction of sp³-hybridized carbons (Fsp3) is 0.182. The maximum atomic E-state index is 11.9. The predicted octanol–water partition coefficient (Wildman–Crippen LogP) is 1.42. The molecule has 0 aromatic heterocycles. The number of carbonyl (C=O) groups is 1. The van der Waals surface area contributed by atoms with Crippen molar-refractivity contribution < 1.29 is 9.53 Å². The molecule has 2 aliphatic heterocycles. The van der Waals surface area contributed by atoms with Crippen molar-refractivity contribution in [3.05, 3.63) is 42.0 Å². The Morgan fingerprint density at radius 3 is 3.14 bits per heavy atom. The van der Waals surface area contributed by atoms with Gasteiger partial charge in [0.15, 0.2) is 6.23 Å². The maximum Gasteiger partial charge on any atom is 0.261 e. The molecule has 2 aliphatic rings. The van der Waals surface area contributed by atoms with Crippen molar-refractivity contribution in [2.75, 3.05) is 6.54 Å². The SMILES string of the molecule is O=C1c2ccccc2OC2C=CCN12. The van der Waals surface area contributed by atoms with E-state index in [4.69, 9.17) is 4.74 Å². The summed E-state index contributed by atoms with van der Waals surface area (Å²) in [5, 5.41) is 0. The van der Waals surface area contributed by atoms with Crippen molar-refractivity contribution in [2.24, 2.45) is 0 Å². The summed E-state index contributed by atoms with van der Waals surface area (Å²) in [4.78, 5) is 13.6. The second kappa shape index (κ2) is 2.61. The summed E-state index contributed by atoms with van der Waals surface area (Å²) >= 11 is 0. The zero-order chi connectivity index (χ0) is 9.54. The molecule has 0 saturated heterocycles. The van der Waals surface area contributed by atoms with Crippen molar-refractivity contribution in [2.45, 2.75) is 6.23 Å². The van der Waals surface area contributed by atoms with Crippen LogP contribution in [0.3, 0.4) is 0 Å². The summed E-state index contributed by atoms with van der Waals surface area (Å²) in [5.41, 5.74) is 0.660. The molecule has 1 aromatic carbocycles. The summed E-state index contributed by atoms with van der Waals surface area (Å²) < 4.78 is 5.64. The second-order valence-corrected chi connectivity index (χ2v) is 3.39. The summed E-state index contributed by atoms with van der Waals surface area (Å²) in [6.07, 6.45) is 3.67. The predicted molar refractivity (Wildman–Crippen MR) is 51.0 cm³/mol. The van der Waals surface area contributed by atoms with Crippen molar-refractivity contribution in [1.29, 1.82) is 0 Å². The zero-order valence-electron chi connectivity index (χ0n) is 7.51. The minimum Gasteiger partial charge on any atom is -0.466 e. The van der Waals surface area contributed by atoms with Gasteiger partial charge in [-0.3, -0.25) is 9.69 Å². The minimum absolute atomic E-state index is 0.0573. The van der Waals surface area contributed by atoms with Gasteiger partial charge in [-0.05, 0) is 18.2 Å². The lowest BCUT2D eigenvalue weighted by Gasteiger charge is -2.31. The molecule has 1 aromatic rings. The molecule has 0 radical (unpaired) electrons. The number of hydrogen-bond donors (Lipinski definition) is 0. The lowest BCUT2D eigenvalue weighted by Crippen LogP contribution is -2.43. The molecule has 3 heteroatoms. The number of carbonyl (C=O) groups excluding carboxylic acids is 1. The van der Waals surface area contributed by atoms with Crippen LogP contribution in [-0.4, -0.2) is 23.6 Å². The first-order valence-corrected chi connectivity index (χ1v) is 4.59. The highest BCUT2D eigenvalue weighted by Gasteiger charge is 2.33. The Balaban J connectivity index is 2.11. The molecule has 1 unspecified atom stereocenters. The van der Waals surface area contributed by atoms with Crippen LogP contribution in [0.1, 0.15) is 10.4 Å². The van der Waals surface area contributed by atoms with Gasteiger partial charge in [-0.15, -0.1) is 0 Å². The fourth-order valence-electron chi connectivity index (χ4n) is 1.83. The molecule has 0 aliphatic carbocycles. The van der Waals surface area contributed by atoms with Gasteiger partial charge in [-0.1, -0.05) is 18.2 Å². The summed E-state index contributed by atoms with van der Waals surface area (Å²) in [7, 11) is 0. The lowest BCUT2D eigenvalue weighted by molar-refractivity contribution is 0.0394. The van der Waals surface area contributed by atoms with Crippen LogP contribution in [0.25, 0.3) is 0 Å². The Kier molecular flexibility index (Phi) is 1.42. The highest BCUT2D eigenvalue weighted by atomic mass is 16.5. The normalized spacial score (nSPS) is 23.0. The molecule has 0 fully saturated rings. The van der Waals surface area contributed by atoms with Crippen LogP contribution in [0.5, 0.6) is 5.75 Å². The molecule has 0 bridgehead atoms. The van der Waals surface area contributed by atoms with Gasteiger partial charge in [0.2, 0.25) is 0 Å². The van der Waals surface area contributed by atoms with E-state index in [9.17, 15) is 4.79 Å². The van der Waals surface area contributed by atoms with Gasteiger partial charge in [0.25, 0.3) is 5.91 Å². The van der Waals surface area contributed by atoms with Gasteiger partial charge in [0, 0.05) is 6.54 Å². The van der Waals surface area contributed by atoms with Crippen LogP contribution in [0.2, 0.25) is 0 Å². The third-order valence-corrected chi connectivity index (χ3v) is 2.54. The van der Waals surface area contributed by atoms with Crippen LogP contribution < -0.4 is 4.74 Å². The van der Waals surface area contributed by atoms with E-state index in [1.807, 2.05) is 30.4 Å². The number of nitrogens with zero attached hydrogens (tertiary/aromatic N) is 1. The molecule has 0 saturated carbocycles. The highest BCUT2D eigenvalue weighted by Crippen LogP contribution is 2.29. The van der Waals surface area contributed by atoms with E-state index in [1.165, 1.54) is 0 Å². The van der Waals surface area contributed by atoms with Crippen LogP contribution in [0.15, 0.2) is 36.4 Å². The molecule has 70 valence electrons. The molecule has 14 heavy (non-hydrogen) atoms. The van der Waals surface area contributed by atoms with Crippen molar-refractivity contribution >= 4 is 5.91 Å². The molecule has 0 spiro atoms. The highest BCUT2D eigenvalue weighted by molar-refractivity contribution is 5.98. The smallest absolute Gasteiger partial charge is 0.261 e. The molecular weight excluding hydrogens is 178 g/mol. The Morgan fingerprint density at radius 1 is 1.36 bits per heavy atom. The quantitative estimate of drug-likeness (QED) is 0.575. The standard InChI is InChI=1S/C11H9NO2/c13-11-8-4-1-2-5-9(8)14-10-6-3-7-12(10)11/h1-6,10H,7H2. The van der Waals surface area contributed by atoms with Gasteiger partial charge in [0.1, 0.15) is 5.75 Å². The average molecular weight is 187 g/mol. The van der Waals surface area contributed by atoms with Gasteiger partial charge < -0.3 is 4.74 Å². The van der Waals surface area contributed by atoms with E-state index in [0.29, 0.717) is 17.9 Å².